The average molecular weight is 508 g/mol. The molecule has 0 amide bonds. The minimum absolute atomic E-state index is 0.0286. The highest BCUT2D eigenvalue weighted by atomic mass is 16.6. The van der Waals surface area contributed by atoms with Crippen LogP contribution in [0.1, 0.15) is 42.7 Å². The van der Waals surface area contributed by atoms with E-state index in [9.17, 15) is 9.59 Å². The second kappa shape index (κ2) is 11.5. The third-order valence-electron chi connectivity index (χ3n) is 6.90. The summed E-state index contributed by atoms with van der Waals surface area (Å²) in [7, 11) is 6.31. The summed E-state index contributed by atoms with van der Waals surface area (Å²) in [5, 5.41) is 3.37. The third-order valence-corrected chi connectivity index (χ3v) is 6.90. The zero-order valence-corrected chi connectivity index (χ0v) is 21.9. The summed E-state index contributed by atoms with van der Waals surface area (Å²) in [5.74, 6) is 0.675. The first-order valence-corrected chi connectivity index (χ1v) is 12.2. The number of Topliss-reactive ketones (excluding diaryl/α,β-unsaturated/α-hetero) is 1. The standard InChI is InChI=1S/C29H33NO7/c1-17-26(29(32)37-13-12-33-2)27(20-8-6-7-9-23(20)34-3)28-21(30-17)14-19(15-22(28)31)18-10-11-24(35-4)25(16-18)36-5/h6-11,16,19,27,30H,12-15H2,1-5H3. The van der Waals surface area contributed by atoms with Gasteiger partial charge in [-0.2, -0.15) is 0 Å². The van der Waals surface area contributed by atoms with E-state index in [0.717, 1.165) is 16.8 Å². The van der Waals surface area contributed by atoms with E-state index in [0.29, 0.717) is 46.9 Å². The molecule has 196 valence electrons. The maximum atomic E-state index is 13.8. The monoisotopic (exact) mass is 507 g/mol. The minimum atomic E-state index is -0.610. The third kappa shape index (κ3) is 5.20. The molecule has 0 fully saturated rings. The molecule has 0 aromatic heterocycles. The van der Waals surface area contributed by atoms with Gasteiger partial charge in [-0.25, -0.2) is 4.79 Å². The zero-order valence-electron chi connectivity index (χ0n) is 21.9. The molecule has 4 rings (SSSR count). The first-order valence-electron chi connectivity index (χ1n) is 12.2. The summed E-state index contributed by atoms with van der Waals surface area (Å²) in [6.45, 7) is 2.24. The summed E-state index contributed by atoms with van der Waals surface area (Å²) >= 11 is 0. The Morgan fingerprint density at radius 3 is 2.35 bits per heavy atom. The molecule has 0 saturated heterocycles. The number of ether oxygens (including phenoxy) is 5. The molecule has 8 heteroatoms. The molecule has 2 atom stereocenters. The van der Waals surface area contributed by atoms with Gasteiger partial charge in [0.15, 0.2) is 17.3 Å². The Kier molecular flexibility index (Phi) is 8.18. The topological polar surface area (TPSA) is 92.3 Å². The average Bonchev–Trinajstić information content (AvgIpc) is 2.91. The van der Waals surface area contributed by atoms with Crippen molar-refractivity contribution in [1.29, 1.82) is 0 Å². The highest BCUT2D eigenvalue weighted by Crippen LogP contribution is 2.48. The number of carbonyl (C=O) groups is 2. The predicted molar refractivity (Wildman–Crippen MR) is 138 cm³/mol. The number of allylic oxidation sites excluding steroid dienone is 3. The summed E-state index contributed by atoms with van der Waals surface area (Å²) in [6, 6.07) is 13.2. The van der Waals surface area contributed by atoms with E-state index in [1.54, 1.807) is 28.4 Å². The van der Waals surface area contributed by atoms with Crippen LogP contribution in [0.5, 0.6) is 17.2 Å². The Morgan fingerprint density at radius 2 is 1.65 bits per heavy atom. The first kappa shape index (κ1) is 26.3. The van der Waals surface area contributed by atoms with E-state index in [2.05, 4.69) is 5.32 Å². The van der Waals surface area contributed by atoms with Gasteiger partial charge in [-0.05, 0) is 43.0 Å². The maximum Gasteiger partial charge on any atom is 0.336 e. The van der Waals surface area contributed by atoms with Crippen molar-refractivity contribution in [2.24, 2.45) is 0 Å². The predicted octanol–water partition coefficient (Wildman–Crippen LogP) is 4.26. The molecule has 0 saturated carbocycles. The molecule has 8 nitrogen and oxygen atoms in total. The Morgan fingerprint density at radius 1 is 0.919 bits per heavy atom. The van der Waals surface area contributed by atoms with Gasteiger partial charge in [-0.1, -0.05) is 24.3 Å². The van der Waals surface area contributed by atoms with Crippen LogP contribution in [0.15, 0.2) is 65.0 Å². The number of ketones is 1. The van der Waals surface area contributed by atoms with Crippen LogP contribution in [0.3, 0.4) is 0 Å². The van der Waals surface area contributed by atoms with Crippen LogP contribution >= 0.6 is 0 Å². The summed E-state index contributed by atoms with van der Waals surface area (Å²) in [5.41, 5.74) is 4.16. The molecule has 1 aliphatic carbocycles. The molecule has 0 spiro atoms. The van der Waals surface area contributed by atoms with Gasteiger partial charge in [0, 0.05) is 36.1 Å². The quantitative estimate of drug-likeness (QED) is 0.398. The number of benzene rings is 2. The Bertz CT molecular complexity index is 1250. The number of methoxy groups -OCH3 is 4. The van der Waals surface area contributed by atoms with Crippen molar-refractivity contribution in [3.8, 4) is 17.2 Å². The second-order valence-electron chi connectivity index (χ2n) is 9.00. The number of hydrogen-bond donors (Lipinski definition) is 1. The van der Waals surface area contributed by atoms with Crippen molar-refractivity contribution in [3.05, 3.63) is 76.1 Å². The van der Waals surface area contributed by atoms with Crippen LogP contribution < -0.4 is 19.5 Å². The lowest BCUT2D eigenvalue weighted by atomic mass is 9.71. The van der Waals surface area contributed by atoms with E-state index in [1.165, 1.54) is 0 Å². The van der Waals surface area contributed by atoms with Crippen molar-refractivity contribution in [3.63, 3.8) is 0 Å². The van der Waals surface area contributed by atoms with Crippen molar-refractivity contribution in [2.75, 3.05) is 41.7 Å². The van der Waals surface area contributed by atoms with Crippen molar-refractivity contribution >= 4 is 11.8 Å². The Balaban J connectivity index is 1.77. The SMILES string of the molecule is COCCOC(=O)C1=C(C)NC2=C(C(=O)CC(c3ccc(OC)c(OC)c3)C2)C1c1ccccc1OC. The largest absolute Gasteiger partial charge is 0.496 e. The molecule has 2 unspecified atom stereocenters. The molecular formula is C29H33NO7. The smallest absolute Gasteiger partial charge is 0.336 e. The fourth-order valence-electron chi connectivity index (χ4n) is 5.16. The van der Waals surface area contributed by atoms with Gasteiger partial charge in [0.1, 0.15) is 12.4 Å². The number of nitrogens with one attached hydrogen (secondary N) is 1. The molecule has 1 N–H and O–H groups in total. The van der Waals surface area contributed by atoms with Crippen LogP contribution in [-0.2, 0) is 19.1 Å². The molecule has 0 radical (unpaired) electrons. The summed E-state index contributed by atoms with van der Waals surface area (Å²) < 4.78 is 27.0. The molecule has 2 aromatic carbocycles. The maximum absolute atomic E-state index is 13.8. The number of para-hydroxylation sites is 1. The minimum Gasteiger partial charge on any atom is -0.496 e. The van der Waals surface area contributed by atoms with E-state index < -0.39 is 11.9 Å². The van der Waals surface area contributed by atoms with Gasteiger partial charge in [0.2, 0.25) is 0 Å². The lowest BCUT2D eigenvalue weighted by Gasteiger charge is -2.37. The fourth-order valence-corrected chi connectivity index (χ4v) is 5.16. The van der Waals surface area contributed by atoms with Gasteiger partial charge in [0.05, 0.1) is 39.4 Å². The van der Waals surface area contributed by atoms with E-state index in [4.69, 9.17) is 23.7 Å². The normalized spacial score (nSPS) is 19.2. The molecular weight excluding hydrogens is 474 g/mol. The van der Waals surface area contributed by atoms with Crippen LogP contribution in [-0.4, -0.2) is 53.4 Å². The van der Waals surface area contributed by atoms with Crippen LogP contribution in [0, 0.1) is 0 Å². The number of dihydropyridines is 1. The summed E-state index contributed by atoms with van der Waals surface area (Å²) in [6.07, 6.45) is 0.901. The molecule has 1 heterocycles. The molecule has 2 aromatic rings. The van der Waals surface area contributed by atoms with E-state index in [1.807, 2.05) is 49.4 Å². The molecule has 0 bridgehead atoms. The van der Waals surface area contributed by atoms with Crippen molar-refractivity contribution in [2.45, 2.75) is 31.6 Å². The molecule has 1 aliphatic heterocycles. The number of carbonyl (C=O) groups excluding carboxylic acids is 2. The highest BCUT2D eigenvalue weighted by molar-refractivity contribution is 6.04. The van der Waals surface area contributed by atoms with Crippen molar-refractivity contribution in [1.82, 2.24) is 5.32 Å². The Labute approximate surface area is 217 Å². The second-order valence-corrected chi connectivity index (χ2v) is 9.00. The zero-order chi connectivity index (χ0) is 26.5. The number of rotatable bonds is 9. The number of esters is 1. The lowest BCUT2D eigenvalue weighted by molar-refractivity contribution is -0.140. The van der Waals surface area contributed by atoms with Gasteiger partial charge in [-0.15, -0.1) is 0 Å². The van der Waals surface area contributed by atoms with Gasteiger partial charge < -0.3 is 29.0 Å². The Hall–Kier alpha value is -3.78. The lowest BCUT2D eigenvalue weighted by Crippen LogP contribution is -2.36. The van der Waals surface area contributed by atoms with Crippen LogP contribution in [0.25, 0.3) is 0 Å². The van der Waals surface area contributed by atoms with E-state index in [-0.39, 0.29) is 24.9 Å². The molecule has 2 aliphatic rings. The summed E-state index contributed by atoms with van der Waals surface area (Å²) in [4.78, 5) is 27.1. The van der Waals surface area contributed by atoms with Crippen molar-refractivity contribution < 1.29 is 33.3 Å². The van der Waals surface area contributed by atoms with E-state index >= 15 is 0 Å². The van der Waals surface area contributed by atoms with Gasteiger partial charge in [-0.3, -0.25) is 4.79 Å². The molecule has 37 heavy (non-hydrogen) atoms. The first-order chi connectivity index (χ1) is 17.9. The van der Waals surface area contributed by atoms with Gasteiger partial charge >= 0.3 is 5.97 Å². The highest BCUT2D eigenvalue weighted by Gasteiger charge is 2.42. The fraction of sp³-hybridized carbons (Fsp3) is 0.379. The van der Waals surface area contributed by atoms with Crippen LogP contribution in [0.2, 0.25) is 0 Å². The number of hydrogen-bond acceptors (Lipinski definition) is 8. The van der Waals surface area contributed by atoms with Crippen LogP contribution in [0.4, 0.5) is 0 Å². The van der Waals surface area contributed by atoms with Gasteiger partial charge in [0.25, 0.3) is 0 Å².